The first-order valence-electron chi connectivity index (χ1n) is 11.2. The highest BCUT2D eigenvalue weighted by atomic mass is 32.2. The number of sulfone groups is 1. The predicted octanol–water partition coefficient (Wildman–Crippen LogP) is 2.54. The SMILES string of the molecule is CC1(C)CN(c2nccc3oc(-c4cnc5ccc(OCCCS(C)(=O)=O)nn45)cc23)CCN1. The lowest BCUT2D eigenvalue weighted by Crippen LogP contribution is -2.57. The molecule has 0 aliphatic carbocycles. The average Bonchev–Trinajstić information content (AvgIpc) is 3.38. The van der Waals surface area contributed by atoms with Gasteiger partial charge in [-0.25, -0.2) is 22.9 Å². The Kier molecular flexibility index (Phi) is 5.68. The number of pyridine rings is 1. The number of ether oxygens (including phenoxy) is 1. The first-order chi connectivity index (χ1) is 16.2. The molecule has 0 unspecified atom stereocenters. The van der Waals surface area contributed by atoms with Gasteiger partial charge in [0.05, 0.1) is 23.9 Å². The normalized spacial score (nSPS) is 16.4. The van der Waals surface area contributed by atoms with E-state index in [1.165, 1.54) is 6.26 Å². The van der Waals surface area contributed by atoms with E-state index >= 15 is 0 Å². The summed E-state index contributed by atoms with van der Waals surface area (Å²) in [4.78, 5) is 11.4. The van der Waals surface area contributed by atoms with Crippen LogP contribution < -0.4 is 15.0 Å². The summed E-state index contributed by atoms with van der Waals surface area (Å²) in [5.41, 5.74) is 2.10. The molecule has 5 rings (SSSR count). The minimum atomic E-state index is -3.02. The Morgan fingerprint density at radius 2 is 2.09 bits per heavy atom. The van der Waals surface area contributed by atoms with Crippen LogP contribution in [0.3, 0.4) is 0 Å². The molecule has 11 heteroatoms. The number of nitrogens with one attached hydrogen (secondary N) is 1. The summed E-state index contributed by atoms with van der Waals surface area (Å²) in [6.07, 6.45) is 5.10. The van der Waals surface area contributed by atoms with Gasteiger partial charge in [0, 0.05) is 43.7 Å². The van der Waals surface area contributed by atoms with Crippen molar-refractivity contribution in [3.05, 3.63) is 36.7 Å². The number of nitrogens with zero attached hydrogens (tertiary/aromatic N) is 5. The molecule has 0 bridgehead atoms. The van der Waals surface area contributed by atoms with E-state index in [9.17, 15) is 8.42 Å². The maximum Gasteiger partial charge on any atom is 0.231 e. The Balaban J connectivity index is 1.44. The quantitative estimate of drug-likeness (QED) is 0.395. The van der Waals surface area contributed by atoms with E-state index in [4.69, 9.17) is 9.15 Å². The van der Waals surface area contributed by atoms with Crippen molar-refractivity contribution in [1.82, 2.24) is 24.9 Å². The van der Waals surface area contributed by atoms with Gasteiger partial charge in [-0.15, -0.1) is 5.10 Å². The molecule has 4 aromatic heterocycles. The maximum atomic E-state index is 11.3. The maximum absolute atomic E-state index is 11.3. The summed E-state index contributed by atoms with van der Waals surface area (Å²) >= 11 is 0. The van der Waals surface area contributed by atoms with E-state index in [1.54, 1.807) is 29.0 Å². The van der Waals surface area contributed by atoms with E-state index in [2.05, 4.69) is 39.1 Å². The molecule has 0 amide bonds. The molecule has 1 fully saturated rings. The molecule has 5 heterocycles. The van der Waals surface area contributed by atoms with Crippen molar-refractivity contribution in [2.24, 2.45) is 0 Å². The monoisotopic (exact) mass is 484 g/mol. The number of fused-ring (bicyclic) bond motifs is 2. The van der Waals surface area contributed by atoms with Crippen LogP contribution in [0.4, 0.5) is 5.82 Å². The third-order valence-electron chi connectivity index (χ3n) is 5.80. The topological polar surface area (TPSA) is 115 Å². The molecule has 1 N–H and O–H groups in total. The molecule has 4 aromatic rings. The smallest absolute Gasteiger partial charge is 0.231 e. The van der Waals surface area contributed by atoms with Gasteiger partial charge in [-0.05, 0) is 38.5 Å². The number of anilines is 1. The van der Waals surface area contributed by atoms with Crippen molar-refractivity contribution < 1.29 is 17.6 Å². The Labute approximate surface area is 197 Å². The third-order valence-corrected chi connectivity index (χ3v) is 6.83. The van der Waals surface area contributed by atoms with Crippen LogP contribution >= 0.6 is 0 Å². The highest BCUT2D eigenvalue weighted by molar-refractivity contribution is 7.90. The van der Waals surface area contributed by atoms with Gasteiger partial charge in [0.25, 0.3) is 0 Å². The molecule has 0 atom stereocenters. The van der Waals surface area contributed by atoms with Crippen LogP contribution in [0.2, 0.25) is 0 Å². The molecule has 1 saturated heterocycles. The van der Waals surface area contributed by atoms with Gasteiger partial charge in [0.15, 0.2) is 11.4 Å². The van der Waals surface area contributed by atoms with Crippen LogP contribution in [-0.2, 0) is 9.84 Å². The molecule has 34 heavy (non-hydrogen) atoms. The van der Waals surface area contributed by atoms with Crippen molar-refractivity contribution in [2.45, 2.75) is 25.8 Å². The zero-order valence-corrected chi connectivity index (χ0v) is 20.3. The van der Waals surface area contributed by atoms with Gasteiger partial charge in [0.1, 0.15) is 26.9 Å². The summed E-state index contributed by atoms with van der Waals surface area (Å²) in [7, 11) is -3.02. The van der Waals surface area contributed by atoms with Crippen molar-refractivity contribution in [1.29, 1.82) is 0 Å². The summed E-state index contributed by atoms with van der Waals surface area (Å²) in [6, 6.07) is 7.38. The highest BCUT2D eigenvalue weighted by Crippen LogP contribution is 2.33. The number of rotatable bonds is 7. The van der Waals surface area contributed by atoms with Gasteiger partial charge < -0.3 is 19.4 Å². The number of aromatic nitrogens is 4. The van der Waals surface area contributed by atoms with Gasteiger partial charge in [0.2, 0.25) is 5.88 Å². The van der Waals surface area contributed by atoms with Crippen LogP contribution in [0.25, 0.3) is 28.1 Å². The molecule has 0 radical (unpaired) electrons. The van der Waals surface area contributed by atoms with E-state index in [1.807, 2.05) is 12.1 Å². The first-order valence-corrected chi connectivity index (χ1v) is 13.3. The molecular formula is C23H28N6O4S. The zero-order valence-electron chi connectivity index (χ0n) is 19.5. The van der Waals surface area contributed by atoms with Crippen LogP contribution in [0.5, 0.6) is 5.88 Å². The number of piperazine rings is 1. The van der Waals surface area contributed by atoms with Crippen LogP contribution in [0.15, 0.2) is 41.1 Å². The molecule has 10 nitrogen and oxygen atoms in total. The summed E-state index contributed by atoms with van der Waals surface area (Å²) in [6.45, 7) is 7.23. The molecule has 0 aromatic carbocycles. The van der Waals surface area contributed by atoms with Crippen LogP contribution in [0, 0.1) is 0 Å². The Hall–Kier alpha value is -3.18. The number of furan rings is 1. The van der Waals surface area contributed by atoms with E-state index in [0.717, 1.165) is 36.4 Å². The summed E-state index contributed by atoms with van der Waals surface area (Å²) in [5.74, 6) is 2.00. The van der Waals surface area contributed by atoms with Crippen LogP contribution in [-0.4, -0.2) is 71.8 Å². The second-order valence-corrected chi connectivity index (χ2v) is 11.6. The van der Waals surface area contributed by atoms with Crippen molar-refractivity contribution in [2.75, 3.05) is 43.1 Å². The molecular weight excluding hydrogens is 456 g/mol. The molecule has 0 saturated carbocycles. The van der Waals surface area contributed by atoms with Crippen molar-refractivity contribution >= 4 is 32.3 Å². The second kappa shape index (κ2) is 8.55. The van der Waals surface area contributed by atoms with E-state index < -0.39 is 9.84 Å². The van der Waals surface area contributed by atoms with Crippen molar-refractivity contribution in [3.63, 3.8) is 0 Å². The van der Waals surface area contributed by atoms with Gasteiger partial charge in [-0.1, -0.05) is 0 Å². The van der Waals surface area contributed by atoms with Crippen molar-refractivity contribution in [3.8, 4) is 17.3 Å². The largest absolute Gasteiger partial charge is 0.477 e. The molecule has 1 aliphatic heterocycles. The Morgan fingerprint density at radius 3 is 2.88 bits per heavy atom. The van der Waals surface area contributed by atoms with E-state index in [0.29, 0.717) is 29.4 Å². The number of hydrogen-bond donors (Lipinski definition) is 1. The minimum absolute atomic E-state index is 0.00204. The number of imidazole rings is 1. The average molecular weight is 485 g/mol. The minimum Gasteiger partial charge on any atom is -0.477 e. The van der Waals surface area contributed by atoms with E-state index in [-0.39, 0.29) is 17.9 Å². The Morgan fingerprint density at radius 1 is 1.24 bits per heavy atom. The third kappa shape index (κ3) is 4.71. The second-order valence-electron chi connectivity index (χ2n) is 9.31. The lowest BCUT2D eigenvalue weighted by molar-refractivity contribution is 0.301. The molecule has 180 valence electrons. The van der Waals surface area contributed by atoms with Gasteiger partial charge >= 0.3 is 0 Å². The number of hydrogen-bond acceptors (Lipinski definition) is 9. The van der Waals surface area contributed by atoms with Crippen LogP contribution in [0.1, 0.15) is 20.3 Å². The lowest BCUT2D eigenvalue weighted by atomic mass is 10.0. The fourth-order valence-corrected chi connectivity index (χ4v) is 4.89. The summed E-state index contributed by atoms with van der Waals surface area (Å²) in [5, 5.41) is 9.01. The Bertz CT molecular complexity index is 1440. The molecule has 0 spiro atoms. The molecule has 1 aliphatic rings. The highest BCUT2D eigenvalue weighted by Gasteiger charge is 2.28. The lowest BCUT2D eigenvalue weighted by Gasteiger charge is -2.39. The fraction of sp³-hybridized carbons (Fsp3) is 0.435. The summed E-state index contributed by atoms with van der Waals surface area (Å²) < 4.78 is 36.2. The predicted molar refractivity (Wildman–Crippen MR) is 130 cm³/mol. The standard InChI is InChI=1S/C23H28N6O4S/c1-23(2)15-28(10-9-26-23)22-16-13-19(33-18(16)7-8-24-22)17-14-25-20-5-6-21(27-29(17)20)32-11-4-12-34(3,30)31/h5-8,13-14,26H,4,9-12,15H2,1-3H3. The zero-order chi connectivity index (χ0) is 23.9. The first kappa shape index (κ1) is 22.6. The van der Waals surface area contributed by atoms with Gasteiger partial charge in [-0.2, -0.15) is 0 Å². The fourth-order valence-electron chi connectivity index (χ4n) is 4.25. The van der Waals surface area contributed by atoms with Gasteiger partial charge in [-0.3, -0.25) is 0 Å².